The van der Waals surface area contributed by atoms with Gasteiger partial charge in [-0.25, -0.2) is 0 Å². The molecule has 0 aliphatic carbocycles. The number of hydrogen-bond donors (Lipinski definition) is 1. The topological polar surface area (TPSA) is 41.6 Å². The van der Waals surface area contributed by atoms with E-state index in [0.29, 0.717) is 24.6 Å². The quantitative estimate of drug-likeness (QED) is 0.930. The summed E-state index contributed by atoms with van der Waals surface area (Å²) in [6.45, 7) is 6.59. The SMILES string of the molecule is CC(C)COc1cccc(C(=O)N2CCC3CCC(C2)N3)c1. The molecule has 2 aliphatic heterocycles. The first kappa shape index (κ1) is 15.3. The van der Waals surface area contributed by atoms with Crippen molar-refractivity contribution in [2.75, 3.05) is 19.7 Å². The van der Waals surface area contributed by atoms with Gasteiger partial charge in [0.05, 0.1) is 6.61 Å². The van der Waals surface area contributed by atoms with Crippen molar-refractivity contribution >= 4 is 5.91 Å². The second-order valence-electron chi connectivity index (χ2n) is 6.91. The zero-order valence-electron chi connectivity index (χ0n) is 13.5. The van der Waals surface area contributed by atoms with E-state index in [2.05, 4.69) is 19.2 Å². The van der Waals surface area contributed by atoms with Gasteiger partial charge < -0.3 is 15.0 Å². The van der Waals surface area contributed by atoms with Crippen LogP contribution in [0.15, 0.2) is 24.3 Å². The Morgan fingerprint density at radius 2 is 2.14 bits per heavy atom. The van der Waals surface area contributed by atoms with E-state index in [4.69, 9.17) is 4.74 Å². The molecule has 120 valence electrons. The van der Waals surface area contributed by atoms with Gasteiger partial charge in [0.15, 0.2) is 0 Å². The molecule has 2 bridgehead atoms. The van der Waals surface area contributed by atoms with E-state index < -0.39 is 0 Å². The summed E-state index contributed by atoms with van der Waals surface area (Å²) in [5.41, 5.74) is 0.735. The third-order valence-corrected chi connectivity index (χ3v) is 4.47. The van der Waals surface area contributed by atoms with Crippen molar-refractivity contribution in [1.29, 1.82) is 0 Å². The molecule has 0 radical (unpaired) electrons. The van der Waals surface area contributed by atoms with E-state index in [-0.39, 0.29) is 5.91 Å². The average Bonchev–Trinajstić information content (AvgIpc) is 2.84. The molecule has 4 heteroatoms. The normalized spacial score (nSPS) is 24.4. The second-order valence-corrected chi connectivity index (χ2v) is 6.91. The van der Waals surface area contributed by atoms with Crippen LogP contribution in [0.3, 0.4) is 0 Å². The van der Waals surface area contributed by atoms with Gasteiger partial charge in [0.2, 0.25) is 0 Å². The Bertz CT molecular complexity index is 530. The number of carbonyl (C=O) groups excluding carboxylic acids is 1. The number of fused-ring (bicyclic) bond motifs is 2. The van der Waals surface area contributed by atoms with Gasteiger partial charge >= 0.3 is 0 Å². The number of hydrogen-bond acceptors (Lipinski definition) is 3. The van der Waals surface area contributed by atoms with Crippen molar-refractivity contribution < 1.29 is 9.53 Å². The van der Waals surface area contributed by atoms with Crippen molar-refractivity contribution in [1.82, 2.24) is 10.2 Å². The standard InChI is InChI=1S/C18H26N2O2/c1-13(2)12-22-17-5-3-4-14(10-17)18(21)20-9-8-15-6-7-16(11-20)19-15/h3-5,10,13,15-16,19H,6-9,11-12H2,1-2H3. The maximum atomic E-state index is 12.8. The average molecular weight is 302 g/mol. The van der Waals surface area contributed by atoms with Crippen molar-refractivity contribution in [3.63, 3.8) is 0 Å². The molecule has 2 saturated heterocycles. The first-order valence-electron chi connectivity index (χ1n) is 8.40. The summed E-state index contributed by atoms with van der Waals surface area (Å²) in [6, 6.07) is 8.67. The molecule has 4 nitrogen and oxygen atoms in total. The van der Waals surface area contributed by atoms with Crippen LogP contribution in [0, 0.1) is 5.92 Å². The Morgan fingerprint density at radius 1 is 1.32 bits per heavy atom. The lowest BCUT2D eigenvalue weighted by Gasteiger charge is -2.24. The predicted molar refractivity (Wildman–Crippen MR) is 87.2 cm³/mol. The second kappa shape index (κ2) is 6.69. The van der Waals surface area contributed by atoms with Crippen LogP contribution in [-0.4, -0.2) is 42.6 Å². The van der Waals surface area contributed by atoms with Crippen LogP contribution in [0.4, 0.5) is 0 Å². The smallest absolute Gasteiger partial charge is 0.254 e. The van der Waals surface area contributed by atoms with Gasteiger partial charge in [-0.2, -0.15) is 0 Å². The number of amides is 1. The molecule has 1 N–H and O–H groups in total. The first-order chi connectivity index (χ1) is 10.6. The van der Waals surface area contributed by atoms with Gasteiger partial charge in [-0.15, -0.1) is 0 Å². The van der Waals surface area contributed by atoms with Crippen LogP contribution in [-0.2, 0) is 0 Å². The van der Waals surface area contributed by atoms with Crippen molar-refractivity contribution in [3.05, 3.63) is 29.8 Å². The molecule has 1 aromatic carbocycles. The molecule has 2 unspecified atom stereocenters. The molecule has 3 rings (SSSR count). The molecule has 0 aromatic heterocycles. The fourth-order valence-electron chi connectivity index (χ4n) is 3.29. The Hall–Kier alpha value is -1.55. The van der Waals surface area contributed by atoms with E-state index in [9.17, 15) is 4.79 Å². The maximum Gasteiger partial charge on any atom is 0.254 e. The molecule has 2 atom stereocenters. The monoisotopic (exact) mass is 302 g/mol. The Morgan fingerprint density at radius 3 is 2.95 bits per heavy atom. The summed E-state index contributed by atoms with van der Waals surface area (Å²) in [5, 5.41) is 3.61. The largest absolute Gasteiger partial charge is 0.493 e. The van der Waals surface area contributed by atoms with Crippen LogP contribution < -0.4 is 10.1 Å². The first-order valence-corrected chi connectivity index (χ1v) is 8.40. The summed E-state index contributed by atoms with van der Waals surface area (Å²) < 4.78 is 5.74. The lowest BCUT2D eigenvalue weighted by Crippen LogP contribution is -2.39. The fraction of sp³-hybridized carbons (Fsp3) is 0.611. The maximum absolute atomic E-state index is 12.8. The highest BCUT2D eigenvalue weighted by Gasteiger charge is 2.31. The Labute approximate surface area is 132 Å². The van der Waals surface area contributed by atoms with Gasteiger partial charge in [-0.05, 0) is 43.4 Å². The van der Waals surface area contributed by atoms with E-state index in [1.54, 1.807) is 0 Å². The van der Waals surface area contributed by atoms with Gasteiger partial charge in [-0.1, -0.05) is 19.9 Å². The summed E-state index contributed by atoms with van der Waals surface area (Å²) in [5.74, 6) is 1.39. The van der Waals surface area contributed by atoms with Crippen LogP contribution in [0.25, 0.3) is 0 Å². The Kier molecular flexibility index (Phi) is 4.67. The van der Waals surface area contributed by atoms with Crippen molar-refractivity contribution in [2.45, 2.75) is 45.2 Å². The predicted octanol–water partition coefficient (Wildman–Crippen LogP) is 2.69. The lowest BCUT2D eigenvalue weighted by atomic mass is 10.1. The molecule has 2 heterocycles. The number of benzene rings is 1. The summed E-state index contributed by atoms with van der Waals surface area (Å²) in [4.78, 5) is 14.8. The van der Waals surface area contributed by atoms with Crippen LogP contribution in [0.1, 0.15) is 43.5 Å². The highest BCUT2D eigenvalue weighted by atomic mass is 16.5. The third-order valence-electron chi connectivity index (χ3n) is 4.47. The highest BCUT2D eigenvalue weighted by Crippen LogP contribution is 2.22. The van der Waals surface area contributed by atoms with Gasteiger partial charge in [0.25, 0.3) is 5.91 Å². The number of nitrogens with one attached hydrogen (secondary N) is 1. The lowest BCUT2D eigenvalue weighted by molar-refractivity contribution is 0.0747. The summed E-state index contributed by atoms with van der Waals surface area (Å²) in [7, 11) is 0. The van der Waals surface area contributed by atoms with Gasteiger partial charge in [0, 0.05) is 30.7 Å². The fourth-order valence-corrected chi connectivity index (χ4v) is 3.29. The minimum atomic E-state index is 0.129. The molecule has 2 aliphatic rings. The molecule has 2 fully saturated rings. The minimum absolute atomic E-state index is 0.129. The Balaban J connectivity index is 1.67. The van der Waals surface area contributed by atoms with Crippen LogP contribution in [0.5, 0.6) is 5.75 Å². The number of nitrogens with zero attached hydrogens (tertiary/aromatic N) is 1. The number of likely N-dealkylation sites (tertiary alicyclic amines) is 1. The highest BCUT2D eigenvalue weighted by molar-refractivity contribution is 5.94. The van der Waals surface area contributed by atoms with Gasteiger partial charge in [-0.3, -0.25) is 4.79 Å². The molecule has 0 spiro atoms. The minimum Gasteiger partial charge on any atom is -0.493 e. The summed E-state index contributed by atoms with van der Waals surface area (Å²) >= 11 is 0. The van der Waals surface area contributed by atoms with Crippen LogP contribution >= 0.6 is 0 Å². The molecule has 0 saturated carbocycles. The van der Waals surface area contributed by atoms with E-state index >= 15 is 0 Å². The van der Waals surface area contributed by atoms with Crippen LogP contribution in [0.2, 0.25) is 0 Å². The molecular formula is C18H26N2O2. The number of carbonyl (C=O) groups is 1. The molecular weight excluding hydrogens is 276 g/mol. The van der Waals surface area contributed by atoms with Gasteiger partial charge in [0.1, 0.15) is 5.75 Å². The van der Waals surface area contributed by atoms with E-state index in [1.165, 1.54) is 12.8 Å². The molecule has 1 amide bonds. The number of rotatable bonds is 4. The molecule has 1 aromatic rings. The third kappa shape index (κ3) is 3.61. The van der Waals surface area contributed by atoms with Crippen molar-refractivity contribution in [3.8, 4) is 5.75 Å². The van der Waals surface area contributed by atoms with Crippen molar-refractivity contribution in [2.24, 2.45) is 5.92 Å². The van der Waals surface area contributed by atoms with E-state index in [0.717, 1.165) is 30.8 Å². The summed E-state index contributed by atoms with van der Waals surface area (Å²) in [6.07, 6.45) is 3.50. The molecule has 22 heavy (non-hydrogen) atoms. The number of ether oxygens (including phenoxy) is 1. The zero-order chi connectivity index (χ0) is 15.5. The zero-order valence-corrected chi connectivity index (χ0v) is 13.5. The van der Waals surface area contributed by atoms with E-state index in [1.807, 2.05) is 29.2 Å².